The van der Waals surface area contributed by atoms with E-state index in [2.05, 4.69) is 29.5 Å². The SMILES string of the molecule is CCCC[C@](O)(Cn1c2c(c3cc(Cl)ccc31)CN(C)CC2)c1ccc(F)cc1. The summed E-state index contributed by atoms with van der Waals surface area (Å²) in [6.45, 7) is 4.44. The van der Waals surface area contributed by atoms with Crippen molar-refractivity contribution in [2.45, 2.75) is 51.3 Å². The molecule has 1 aromatic heterocycles. The van der Waals surface area contributed by atoms with Crippen molar-refractivity contribution >= 4 is 22.5 Å². The van der Waals surface area contributed by atoms with E-state index < -0.39 is 5.60 Å². The lowest BCUT2D eigenvalue weighted by molar-refractivity contribution is 0.00772. The Bertz CT molecular complexity index is 1010. The van der Waals surface area contributed by atoms with E-state index in [-0.39, 0.29) is 5.82 Å². The molecule has 0 aliphatic carbocycles. The molecule has 0 unspecified atom stereocenters. The van der Waals surface area contributed by atoms with Gasteiger partial charge in [0.15, 0.2) is 0 Å². The van der Waals surface area contributed by atoms with Crippen molar-refractivity contribution < 1.29 is 9.50 Å². The van der Waals surface area contributed by atoms with E-state index >= 15 is 0 Å². The largest absolute Gasteiger partial charge is 0.383 e. The quantitative estimate of drug-likeness (QED) is 0.576. The van der Waals surface area contributed by atoms with Crippen LogP contribution in [0.25, 0.3) is 10.9 Å². The molecule has 3 nitrogen and oxygen atoms in total. The molecule has 154 valence electrons. The van der Waals surface area contributed by atoms with Crippen molar-refractivity contribution in [1.82, 2.24) is 9.47 Å². The van der Waals surface area contributed by atoms with Crippen molar-refractivity contribution in [2.75, 3.05) is 13.6 Å². The molecular weight excluding hydrogens is 387 g/mol. The molecule has 0 amide bonds. The molecule has 1 N–H and O–H groups in total. The van der Waals surface area contributed by atoms with E-state index in [1.54, 1.807) is 12.1 Å². The Morgan fingerprint density at radius 2 is 1.93 bits per heavy atom. The van der Waals surface area contributed by atoms with Gasteiger partial charge in [-0.25, -0.2) is 4.39 Å². The highest BCUT2D eigenvalue weighted by atomic mass is 35.5. The maximum absolute atomic E-state index is 13.5. The fraction of sp³-hybridized carbons (Fsp3) is 0.417. The summed E-state index contributed by atoms with van der Waals surface area (Å²) in [6, 6.07) is 12.3. The van der Waals surface area contributed by atoms with Crippen LogP contribution < -0.4 is 0 Å². The Morgan fingerprint density at radius 1 is 1.17 bits per heavy atom. The fourth-order valence-electron chi connectivity index (χ4n) is 4.54. The second-order valence-electron chi connectivity index (χ2n) is 8.30. The van der Waals surface area contributed by atoms with E-state index in [1.165, 1.54) is 23.4 Å². The van der Waals surface area contributed by atoms with Crippen molar-refractivity contribution in [3.63, 3.8) is 0 Å². The van der Waals surface area contributed by atoms with Crippen LogP contribution in [0.4, 0.5) is 4.39 Å². The molecule has 0 bridgehead atoms. The molecule has 0 saturated heterocycles. The van der Waals surface area contributed by atoms with Gasteiger partial charge in [0.05, 0.1) is 6.54 Å². The number of halogens is 2. The zero-order valence-electron chi connectivity index (χ0n) is 17.1. The van der Waals surface area contributed by atoms with Gasteiger partial charge in [0.1, 0.15) is 11.4 Å². The van der Waals surface area contributed by atoms with Gasteiger partial charge < -0.3 is 14.6 Å². The fourth-order valence-corrected chi connectivity index (χ4v) is 4.72. The van der Waals surface area contributed by atoms with Crippen molar-refractivity contribution in [1.29, 1.82) is 0 Å². The van der Waals surface area contributed by atoms with Crippen molar-refractivity contribution in [3.8, 4) is 0 Å². The minimum atomic E-state index is -1.05. The molecule has 3 aromatic rings. The average molecular weight is 415 g/mol. The summed E-state index contributed by atoms with van der Waals surface area (Å²) in [6.07, 6.45) is 3.47. The van der Waals surface area contributed by atoms with Gasteiger partial charge in [0.2, 0.25) is 0 Å². The van der Waals surface area contributed by atoms with Gasteiger partial charge in [-0.15, -0.1) is 0 Å². The maximum atomic E-state index is 13.5. The topological polar surface area (TPSA) is 28.4 Å². The Kier molecular flexibility index (Phi) is 5.69. The predicted molar refractivity (Wildman–Crippen MR) is 117 cm³/mol. The van der Waals surface area contributed by atoms with E-state index in [1.807, 2.05) is 12.1 Å². The number of hydrogen-bond donors (Lipinski definition) is 1. The molecule has 4 rings (SSSR count). The first-order valence-electron chi connectivity index (χ1n) is 10.4. The summed E-state index contributed by atoms with van der Waals surface area (Å²) < 4.78 is 15.8. The molecule has 0 radical (unpaired) electrons. The molecule has 5 heteroatoms. The van der Waals surface area contributed by atoms with Crippen LogP contribution in [0.3, 0.4) is 0 Å². The summed E-state index contributed by atoms with van der Waals surface area (Å²) in [5.74, 6) is -0.284. The lowest BCUT2D eigenvalue weighted by Gasteiger charge is -2.32. The number of rotatable bonds is 6. The van der Waals surface area contributed by atoms with Gasteiger partial charge in [0.25, 0.3) is 0 Å². The summed E-state index contributed by atoms with van der Waals surface area (Å²) in [7, 11) is 2.13. The molecule has 2 heterocycles. The second-order valence-corrected chi connectivity index (χ2v) is 8.74. The molecule has 0 fully saturated rings. The summed E-state index contributed by atoms with van der Waals surface area (Å²) in [5.41, 5.74) is 3.40. The second kappa shape index (κ2) is 8.10. The first-order valence-corrected chi connectivity index (χ1v) is 10.8. The number of likely N-dealkylation sites (N-methyl/N-ethyl adjacent to an activating group) is 1. The molecular formula is C24H28ClFN2O. The third kappa shape index (κ3) is 3.94. The lowest BCUT2D eigenvalue weighted by Crippen LogP contribution is -2.34. The number of aliphatic hydroxyl groups is 1. The molecule has 1 aliphatic heterocycles. The normalized spacial score (nSPS) is 16.7. The number of benzene rings is 2. The number of unbranched alkanes of at least 4 members (excludes halogenated alkanes) is 1. The van der Waals surface area contributed by atoms with Crippen LogP contribution in [-0.2, 0) is 25.1 Å². The zero-order valence-corrected chi connectivity index (χ0v) is 17.8. The zero-order chi connectivity index (χ0) is 20.6. The highest BCUT2D eigenvalue weighted by Gasteiger charge is 2.32. The van der Waals surface area contributed by atoms with Crippen LogP contribution in [0.2, 0.25) is 5.02 Å². The van der Waals surface area contributed by atoms with E-state index in [0.717, 1.165) is 53.8 Å². The van der Waals surface area contributed by atoms with Gasteiger partial charge in [-0.05, 0) is 54.9 Å². The highest BCUT2D eigenvalue weighted by molar-refractivity contribution is 6.31. The van der Waals surface area contributed by atoms with Crippen molar-refractivity contribution in [3.05, 3.63) is 70.1 Å². The van der Waals surface area contributed by atoms with E-state index in [9.17, 15) is 9.50 Å². The number of hydrogen-bond acceptors (Lipinski definition) is 2. The summed E-state index contributed by atoms with van der Waals surface area (Å²) in [4.78, 5) is 2.32. The van der Waals surface area contributed by atoms with E-state index in [0.29, 0.717) is 13.0 Å². The first kappa shape index (κ1) is 20.4. The predicted octanol–water partition coefficient (Wildman–Crippen LogP) is 5.50. The van der Waals surface area contributed by atoms with Crippen LogP contribution in [-0.4, -0.2) is 28.2 Å². The van der Waals surface area contributed by atoms with Crippen LogP contribution in [0, 0.1) is 5.82 Å². The molecule has 0 spiro atoms. The minimum absolute atomic E-state index is 0.284. The molecule has 0 saturated carbocycles. The Labute approximate surface area is 176 Å². The van der Waals surface area contributed by atoms with Crippen molar-refractivity contribution in [2.24, 2.45) is 0 Å². The van der Waals surface area contributed by atoms with Gasteiger partial charge in [-0.2, -0.15) is 0 Å². The standard InChI is InChI=1S/C24H28ClFN2O/c1-3-4-12-24(29,17-5-8-19(26)9-6-17)16-28-22-10-7-18(25)14-20(22)21-15-27(2)13-11-23(21)28/h5-10,14,29H,3-4,11-13,15-16H2,1-2H3/t24-/m0/s1. The maximum Gasteiger partial charge on any atom is 0.123 e. The van der Waals surface area contributed by atoms with Gasteiger partial charge in [-0.3, -0.25) is 0 Å². The molecule has 2 aromatic carbocycles. The van der Waals surface area contributed by atoms with Gasteiger partial charge >= 0.3 is 0 Å². The van der Waals surface area contributed by atoms with Crippen LogP contribution in [0.15, 0.2) is 42.5 Å². The average Bonchev–Trinajstić information content (AvgIpc) is 2.99. The highest BCUT2D eigenvalue weighted by Crippen LogP contribution is 2.37. The Balaban J connectivity index is 1.83. The van der Waals surface area contributed by atoms with Gasteiger partial charge in [-0.1, -0.05) is 43.5 Å². The minimum Gasteiger partial charge on any atom is -0.383 e. The number of fused-ring (bicyclic) bond motifs is 3. The molecule has 1 aliphatic rings. The van der Waals surface area contributed by atoms with Crippen LogP contribution in [0.5, 0.6) is 0 Å². The van der Waals surface area contributed by atoms with Crippen LogP contribution >= 0.6 is 11.6 Å². The van der Waals surface area contributed by atoms with E-state index in [4.69, 9.17) is 11.6 Å². The smallest absolute Gasteiger partial charge is 0.123 e. The molecule has 29 heavy (non-hydrogen) atoms. The first-order chi connectivity index (χ1) is 13.9. The molecule has 1 atom stereocenters. The third-order valence-corrected chi connectivity index (χ3v) is 6.39. The van der Waals surface area contributed by atoms with Crippen LogP contribution in [0.1, 0.15) is 43.0 Å². The Morgan fingerprint density at radius 3 is 2.66 bits per heavy atom. The third-order valence-electron chi connectivity index (χ3n) is 6.15. The number of aromatic nitrogens is 1. The number of nitrogens with zero attached hydrogens (tertiary/aromatic N) is 2. The Hall–Kier alpha value is -1.88. The lowest BCUT2D eigenvalue weighted by atomic mass is 9.88. The summed E-state index contributed by atoms with van der Waals surface area (Å²) >= 11 is 6.31. The van der Waals surface area contributed by atoms with Gasteiger partial charge in [0, 0.05) is 41.1 Å². The summed E-state index contributed by atoms with van der Waals surface area (Å²) in [5, 5.41) is 13.7. The monoisotopic (exact) mass is 414 g/mol.